The van der Waals surface area contributed by atoms with Crippen LogP contribution in [0.15, 0.2) is 41.3 Å². The average molecular weight is 344 g/mol. The van der Waals surface area contributed by atoms with Crippen LogP contribution in [0.1, 0.15) is 16.7 Å². The molecule has 1 N–H and O–H groups in total. The van der Waals surface area contributed by atoms with Crippen molar-refractivity contribution in [3.63, 3.8) is 0 Å². The van der Waals surface area contributed by atoms with E-state index in [1.54, 1.807) is 44.2 Å². The van der Waals surface area contributed by atoms with Crippen LogP contribution in [0.25, 0.3) is 0 Å². The standard InChI is InChI=1S/C15H15Cl2NO2S/c1-10-8-15(11(2)7-14(10)17)21(19,20)18-9-12-5-3-4-6-13(12)16/h3-8,18H,9H2,1-2H3. The summed E-state index contributed by atoms with van der Waals surface area (Å²) < 4.78 is 27.4. The van der Waals surface area contributed by atoms with Gasteiger partial charge in [0.25, 0.3) is 0 Å². The van der Waals surface area contributed by atoms with E-state index in [0.29, 0.717) is 15.6 Å². The summed E-state index contributed by atoms with van der Waals surface area (Å²) in [7, 11) is -3.61. The fourth-order valence-corrected chi connectivity index (χ4v) is 3.67. The molecule has 21 heavy (non-hydrogen) atoms. The molecule has 0 bridgehead atoms. The predicted octanol–water partition coefficient (Wildman–Crippen LogP) is 4.09. The summed E-state index contributed by atoms with van der Waals surface area (Å²) >= 11 is 12.0. The highest BCUT2D eigenvalue weighted by Gasteiger charge is 2.18. The van der Waals surface area contributed by atoms with Gasteiger partial charge >= 0.3 is 0 Å². The number of sulfonamides is 1. The molecule has 0 spiro atoms. The Labute approximate surface area is 135 Å². The smallest absolute Gasteiger partial charge is 0.207 e. The molecule has 0 atom stereocenters. The van der Waals surface area contributed by atoms with Crippen LogP contribution in [-0.2, 0) is 16.6 Å². The zero-order chi connectivity index (χ0) is 15.6. The topological polar surface area (TPSA) is 46.2 Å². The summed E-state index contributed by atoms with van der Waals surface area (Å²) in [5, 5.41) is 1.08. The summed E-state index contributed by atoms with van der Waals surface area (Å²) in [6, 6.07) is 10.3. The number of rotatable bonds is 4. The third-order valence-electron chi connectivity index (χ3n) is 3.16. The molecule has 0 aliphatic rings. The van der Waals surface area contributed by atoms with Gasteiger partial charge in [0.05, 0.1) is 4.90 Å². The zero-order valence-electron chi connectivity index (χ0n) is 11.7. The molecule has 2 rings (SSSR count). The fraction of sp³-hybridized carbons (Fsp3) is 0.200. The van der Waals surface area contributed by atoms with Crippen LogP contribution in [-0.4, -0.2) is 8.42 Å². The van der Waals surface area contributed by atoms with Gasteiger partial charge < -0.3 is 0 Å². The van der Waals surface area contributed by atoms with E-state index in [-0.39, 0.29) is 11.4 Å². The van der Waals surface area contributed by atoms with Crippen molar-refractivity contribution in [1.82, 2.24) is 4.72 Å². The average Bonchev–Trinajstić information content (AvgIpc) is 2.42. The van der Waals surface area contributed by atoms with E-state index in [1.807, 2.05) is 6.07 Å². The predicted molar refractivity (Wildman–Crippen MR) is 86.4 cm³/mol. The molecule has 0 aliphatic carbocycles. The quantitative estimate of drug-likeness (QED) is 0.908. The number of nitrogens with one attached hydrogen (secondary N) is 1. The molecule has 2 aromatic rings. The Morgan fingerprint density at radius 2 is 1.67 bits per heavy atom. The van der Waals surface area contributed by atoms with Gasteiger partial charge in [-0.25, -0.2) is 13.1 Å². The highest BCUT2D eigenvalue weighted by molar-refractivity contribution is 7.89. The van der Waals surface area contributed by atoms with Crippen LogP contribution >= 0.6 is 23.2 Å². The van der Waals surface area contributed by atoms with Crippen molar-refractivity contribution in [2.24, 2.45) is 0 Å². The Morgan fingerprint density at radius 3 is 2.33 bits per heavy atom. The van der Waals surface area contributed by atoms with Crippen LogP contribution in [0, 0.1) is 13.8 Å². The van der Waals surface area contributed by atoms with Crippen molar-refractivity contribution in [3.05, 3.63) is 63.1 Å². The molecular formula is C15H15Cl2NO2S. The van der Waals surface area contributed by atoms with Gasteiger partial charge in [0.15, 0.2) is 0 Å². The van der Waals surface area contributed by atoms with E-state index in [9.17, 15) is 8.42 Å². The Bertz CT molecular complexity index is 773. The number of hydrogen-bond donors (Lipinski definition) is 1. The van der Waals surface area contributed by atoms with Crippen molar-refractivity contribution in [2.75, 3.05) is 0 Å². The van der Waals surface area contributed by atoms with Gasteiger partial charge in [-0.2, -0.15) is 0 Å². The van der Waals surface area contributed by atoms with E-state index in [1.165, 1.54) is 0 Å². The monoisotopic (exact) mass is 343 g/mol. The highest BCUT2D eigenvalue weighted by Crippen LogP contribution is 2.24. The summed E-state index contributed by atoms with van der Waals surface area (Å²) in [5.74, 6) is 0. The summed E-state index contributed by atoms with van der Waals surface area (Å²) in [6.45, 7) is 3.63. The van der Waals surface area contributed by atoms with Gasteiger partial charge in [0.2, 0.25) is 10.0 Å². The van der Waals surface area contributed by atoms with Crippen LogP contribution < -0.4 is 4.72 Å². The molecule has 0 amide bonds. The summed E-state index contributed by atoms with van der Waals surface area (Å²) in [4.78, 5) is 0.233. The number of halogens is 2. The number of aryl methyl sites for hydroxylation is 2. The van der Waals surface area contributed by atoms with E-state index in [2.05, 4.69) is 4.72 Å². The Hall–Kier alpha value is -1.07. The molecule has 112 valence electrons. The minimum atomic E-state index is -3.61. The second kappa shape index (κ2) is 6.36. The van der Waals surface area contributed by atoms with Crippen molar-refractivity contribution in [2.45, 2.75) is 25.3 Å². The lowest BCUT2D eigenvalue weighted by atomic mass is 10.2. The fourth-order valence-electron chi connectivity index (χ4n) is 1.94. The van der Waals surface area contributed by atoms with Crippen molar-refractivity contribution < 1.29 is 8.42 Å². The second-order valence-corrected chi connectivity index (χ2v) is 7.33. The molecule has 0 saturated carbocycles. The molecule has 3 nitrogen and oxygen atoms in total. The lowest BCUT2D eigenvalue weighted by molar-refractivity contribution is 0.580. The van der Waals surface area contributed by atoms with Gasteiger partial charge in [0, 0.05) is 16.6 Å². The minimum absolute atomic E-state index is 0.142. The Morgan fingerprint density at radius 1 is 1.00 bits per heavy atom. The van der Waals surface area contributed by atoms with Crippen LogP contribution in [0.4, 0.5) is 0 Å². The molecule has 0 unspecified atom stereocenters. The SMILES string of the molecule is Cc1cc(S(=O)(=O)NCc2ccccc2Cl)c(C)cc1Cl. The van der Waals surface area contributed by atoms with Crippen LogP contribution in [0.3, 0.4) is 0 Å². The van der Waals surface area contributed by atoms with Gasteiger partial charge in [-0.05, 0) is 48.7 Å². The van der Waals surface area contributed by atoms with Crippen LogP contribution in [0.5, 0.6) is 0 Å². The second-order valence-electron chi connectivity index (χ2n) is 4.78. The molecule has 0 aromatic heterocycles. The molecule has 0 aliphatic heterocycles. The zero-order valence-corrected chi connectivity index (χ0v) is 14.0. The molecular weight excluding hydrogens is 329 g/mol. The maximum atomic E-state index is 12.4. The largest absolute Gasteiger partial charge is 0.241 e. The molecule has 0 radical (unpaired) electrons. The number of hydrogen-bond acceptors (Lipinski definition) is 2. The highest BCUT2D eigenvalue weighted by atomic mass is 35.5. The normalized spacial score (nSPS) is 11.6. The first-order chi connectivity index (χ1) is 9.81. The van der Waals surface area contributed by atoms with E-state index >= 15 is 0 Å². The summed E-state index contributed by atoms with van der Waals surface area (Å²) in [6.07, 6.45) is 0. The third kappa shape index (κ3) is 3.77. The van der Waals surface area contributed by atoms with Gasteiger partial charge in [-0.1, -0.05) is 41.4 Å². The molecule has 0 fully saturated rings. The lowest BCUT2D eigenvalue weighted by Gasteiger charge is -2.12. The van der Waals surface area contributed by atoms with Crippen LogP contribution in [0.2, 0.25) is 10.0 Å². The van der Waals surface area contributed by atoms with Crippen molar-refractivity contribution in [1.29, 1.82) is 0 Å². The van der Waals surface area contributed by atoms with E-state index in [4.69, 9.17) is 23.2 Å². The maximum Gasteiger partial charge on any atom is 0.241 e. The van der Waals surface area contributed by atoms with E-state index in [0.717, 1.165) is 11.1 Å². The summed E-state index contributed by atoms with van der Waals surface area (Å²) in [5.41, 5.74) is 2.06. The Balaban J connectivity index is 2.27. The van der Waals surface area contributed by atoms with Crippen molar-refractivity contribution >= 4 is 33.2 Å². The molecule has 0 heterocycles. The van der Waals surface area contributed by atoms with Gasteiger partial charge in [0.1, 0.15) is 0 Å². The number of benzene rings is 2. The molecule has 6 heteroatoms. The third-order valence-corrected chi connectivity index (χ3v) is 5.48. The molecule has 0 saturated heterocycles. The Kier molecular flexibility index (Phi) is 4.94. The van der Waals surface area contributed by atoms with Gasteiger partial charge in [-0.15, -0.1) is 0 Å². The van der Waals surface area contributed by atoms with E-state index < -0.39 is 10.0 Å². The molecule has 2 aromatic carbocycles. The minimum Gasteiger partial charge on any atom is -0.207 e. The first-order valence-electron chi connectivity index (χ1n) is 6.31. The van der Waals surface area contributed by atoms with Crippen molar-refractivity contribution in [3.8, 4) is 0 Å². The lowest BCUT2D eigenvalue weighted by Crippen LogP contribution is -2.24. The maximum absolute atomic E-state index is 12.4. The first kappa shape index (κ1) is 16.3. The first-order valence-corrected chi connectivity index (χ1v) is 8.55. The van der Waals surface area contributed by atoms with Gasteiger partial charge in [-0.3, -0.25) is 0 Å².